The van der Waals surface area contributed by atoms with Crippen molar-refractivity contribution in [2.24, 2.45) is 5.41 Å². The number of rotatable bonds is 14. The Kier molecular flexibility index (Phi) is 8.70. The van der Waals surface area contributed by atoms with Crippen molar-refractivity contribution in [2.75, 3.05) is 53.9 Å². The molecule has 13 nitrogen and oxygen atoms in total. The molecule has 0 radical (unpaired) electrons. The van der Waals surface area contributed by atoms with E-state index in [1.807, 2.05) is 0 Å². The number of carbonyl (C=O) groups excluding carboxylic acids is 1. The number of nitrogens with zero attached hydrogens (tertiary/aromatic N) is 6. The number of aromatic nitrogens is 6. The summed E-state index contributed by atoms with van der Waals surface area (Å²) in [6.45, 7) is 3.76. The smallest absolute Gasteiger partial charge is 0.433 e. The lowest BCUT2D eigenvalue weighted by Crippen LogP contribution is -2.45. The first-order chi connectivity index (χ1) is 15.1. The van der Waals surface area contributed by atoms with Gasteiger partial charge in [-0.1, -0.05) is 10.4 Å². The third-order valence-corrected chi connectivity index (χ3v) is 4.52. The predicted octanol–water partition coefficient (Wildman–Crippen LogP) is 0.0490. The lowest BCUT2D eigenvalue weighted by Gasteiger charge is -2.35. The molecular formula is C18H28N6O7. The number of hydrogen-bond donors (Lipinski definition) is 0. The minimum Gasteiger partial charge on any atom is -0.433 e. The second kappa shape index (κ2) is 11.7. The summed E-state index contributed by atoms with van der Waals surface area (Å²) in [6.07, 6.45) is 2.90. The van der Waals surface area contributed by atoms with Crippen LogP contribution in [0.5, 0.6) is 0 Å². The van der Waals surface area contributed by atoms with Crippen molar-refractivity contribution in [1.82, 2.24) is 30.0 Å². The van der Waals surface area contributed by atoms with Gasteiger partial charge in [0.05, 0.1) is 70.5 Å². The Labute approximate surface area is 179 Å². The molecule has 13 heteroatoms. The van der Waals surface area contributed by atoms with Crippen LogP contribution in [-0.4, -0.2) is 90.0 Å². The van der Waals surface area contributed by atoms with Crippen LogP contribution >= 0.6 is 0 Å². The molecule has 1 aliphatic heterocycles. The highest BCUT2D eigenvalue weighted by molar-refractivity contribution is 5.60. The summed E-state index contributed by atoms with van der Waals surface area (Å²) in [5.74, 6) is 0. The molecule has 1 aliphatic rings. The second-order valence-corrected chi connectivity index (χ2v) is 7.23. The Hall–Kier alpha value is -2.61. The minimum absolute atomic E-state index is 0.158. The first-order valence-electron chi connectivity index (χ1n) is 9.83. The summed E-state index contributed by atoms with van der Waals surface area (Å²) in [5.41, 5.74) is 0.796. The number of carbonyl (C=O) groups is 1. The van der Waals surface area contributed by atoms with E-state index in [4.69, 9.17) is 28.4 Å². The van der Waals surface area contributed by atoms with Crippen molar-refractivity contribution in [1.29, 1.82) is 0 Å². The van der Waals surface area contributed by atoms with Gasteiger partial charge >= 0.3 is 6.16 Å². The van der Waals surface area contributed by atoms with Crippen molar-refractivity contribution in [3.05, 3.63) is 23.8 Å². The summed E-state index contributed by atoms with van der Waals surface area (Å²) in [5, 5.41) is 16.6. The molecule has 0 amide bonds. The molecule has 0 N–H and O–H groups in total. The molecule has 31 heavy (non-hydrogen) atoms. The van der Waals surface area contributed by atoms with E-state index in [1.165, 1.54) is 0 Å². The Morgan fingerprint density at radius 1 is 0.871 bits per heavy atom. The van der Waals surface area contributed by atoms with Crippen LogP contribution in [0.1, 0.15) is 11.4 Å². The third-order valence-electron chi connectivity index (χ3n) is 4.52. The van der Waals surface area contributed by atoms with Gasteiger partial charge in [0.1, 0.15) is 24.6 Å². The summed E-state index contributed by atoms with van der Waals surface area (Å²) in [6, 6.07) is 0. The molecule has 0 atom stereocenters. The Balaban J connectivity index is 1.60. The van der Waals surface area contributed by atoms with Crippen LogP contribution in [-0.2, 0) is 54.7 Å². The van der Waals surface area contributed by atoms with Gasteiger partial charge < -0.3 is 28.4 Å². The summed E-state index contributed by atoms with van der Waals surface area (Å²) in [4.78, 5) is 11.4. The maximum absolute atomic E-state index is 11.4. The van der Waals surface area contributed by atoms with Crippen LogP contribution in [0.2, 0.25) is 0 Å². The average Bonchev–Trinajstić information content (AvgIpc) is 3.40. The van der Waals surface area contributed by atoms with E-state index in [1.54, 1.807) is 36.0 Å². The van der Waals surface area contributed by atoms with E-state index in [0.29, 0.717) is 64.1 Å². The Morgan fingerprint density at radius 3 is 1.81 bits per heavy atom. The van der Waals surface area contributed by atoms with Crippen molar-refractivity contribution < 1.29 is 33.2 Å². The molecule has 0 unspecified atom stereocenters. The molecule has 0 spiro atoms. The van der Waals surface area contributed by atoms with Crippen molar-refractivity contribution in [3.63, 3.8) is 0 Å². The topological polar surface area (TPSA) is 134 Å². The van der Waals surface area contributed by atoms with Gasteiger partial charge in [-0.05, 0) is 0 Å². The highest BCUT2D eigenvalue weighted by Crippen LogP contribution is 2.27. The monoisotopic (exact) mass is 440 g/mol. The van der Waals surface area contributed by atoms with E-state index < -0.39 is 11.6 Å². The van der Waals surface area contributed by atoms with E-state index in [0.717, 1.165) is 0 Å². The SMILES string of the molecule is COCCOCc1cn(CC2(Cn3cc(COCCOC)nn3)COC(=O)OC2)nn1. The second-order valence-electron chi connectivity index (χ2n) is 7.23. The average molecular weight is 440 g/mol. The van der Waals surface area contributed by atoms with Gasteiger partial charge in [0.15, 0.2) is 0 Å². The fourth-order valence-electron chi connectivity index (χ4n) is 3.03. The molecule has 1 fully saturated rings. The first kappa shape index (κ1) is 23.1. The lowest BCUT2D eigenvalue weighted by molar-refractivity contribution is -0.0767. The number of hydrogen-bond acceptors (Lipinski definition) is 11. The lowest BCUT2D eigenvalue weighted by atomic mass is 9.89. The minimum atomic E-state index is -0.688. The third kappa shape index (κ3) is 7.24. The van der Waals surface area contributed by atoms with Crippen molar-refractivity contribution in [3.8, 4) is 0 Å². The van der Waals surface area contributed by atoms with Crippen molar-refractivity contribution >= 4 is 6.16 Å². The molecule has 0 aliphatic carbocycles. The summed E-state index contributed by atoms with van der Waals surface area (Å²) < 4.78 is 34.6. The van der Waals surface area contributed by atoms with Gasteiger partial charge in [-0.3, -0.25) is 9.36 Å². The van der Waals surface area contributed by atoms with Crippen LogP contribution in [0.25, 0.3) is 0 Å². The summed E-state index contributed by atoms with van der Waals surface area (Å²) >= 11 is 0. The molecule has 172 valence electrons. The normalized spacial score (nSPS) is 15.6. The zero-order valence-electron chi connectivity index (χ0n) is 17.8. The zero-order valence-corrected chi connectivity index (χ0v) is 17.8. The largest absolute Gasteiger partial charge is 0.508 e. The van der Waals surface area contributed by atoms with Crippen molar-refractivity contribution in [2.45, 2.75) is 26.3 Å². The molecule has 1 saturated heterocycles. The zero-order chi connectivity index (χ0) is 21.9. The molecular weight excluding hydrogens is 412 g/mol. The number of cyclic esters (lactones) is 2. The van der Waals surface area contributed by atoms with E-state index >= 15 is 0 Å². The first-order valence-corrected chi connectivity index (χ1v) is 9.83. The van der Waals surface area contributed by atoms with Gasteiger partial charge in [-0.15, -0.1) is 10.2 Å². The predicted molar refractivity (Wildman–Crippen MR) is 103 cm³/mol. The van der Waals surface area contributed by atoms with Gasteiger partial charge in [0, 0.05) is 14.2 Å². The number of ether oxygens (including phenoxy) is 6. The molecule has 0 saturated carbocycles. The molecule has 2 aromatic rings. The van der Waals surface area contributed by atoms with E-state index in [2.05, 4.69) is 20.6 Å². The maximum Gasteiger partial charge on any atom is 0.508 e. The van der Waals surface area contributed by atoms with Crippen LogP contribution in [0.3, 0.4) is 0 Å². The standard InChI is InChI=1S/C18H28N6O7/c1-26-3-5-28-9-15-7-23(21-19-15)11-18(13-30-17(25)31-14-18)12-24-8-16(20-22-24)10-29-6-4-27-2/h7-8H,3-6,9-14H2,1-2H3. The fourth-order valence-corrected chi connectivity index (χ4v) is 3.03. The maximum atomic E-state index is 11.4. The van der Waals surface area contributed by atoms with Gasteiger partial charge in [-0.25, -0.2) is 4.79 Å². The van der Waals surface area contributed by atoms with Crippen LogP contribution in [0.4, 0.5) is 4.79 Å². The Morgan fingerprint density at radius 2 is 1.35 bits per heavy atom. The Bertz CT molecular complexity index is 747. The van der Waals surface area contributed by atoms with Crippen LogP contribution in [0, 0.1) is 5.41 Å². The molecule has 0 bridgehead atoms. The molecule has 3 rings (SSSR count). The fraction of sp³-hybridized carbons (Fsp3) is 0.722. The molecule has 2 aromatic heterocycles. The highest BCUT2D eigenvalue weighted by atomic mass is 16.7. The van der Waals surface area contributed by atoms with Gasteiger partial charge in [0.25, 0.3) is 0 Å². The highest BCUT2D eigenvalue weighted by Gasteiger charge is 2.40. The van der Waals surface area contributed by atoms with E-state index in [9.17, 15) is 4.79 Å². The van der Waals surface area contributed by atoms with E-state index in [-0.39, 0.29) is 13.2 Å². The van der Waals surface area contributed by atoms with Gasteiger partial charge in [0.2, 0.25) is 0 Å². The summed E-state index contributed by atoms with van der Waals surface area (Å²) in [7, 11) is 3.23. The quantitative estimate of drug-likeness (QED) is 0.291. The molecule has 3 heterocycles. The van der Waals surface area contributed by atoms with Gasteiger partial charge in [-0.2, -0.15) is 0 Å². The van der Waals surface area contributed by atoms with Crippen LogP contribution < -0.4 is 0 Å². The number of methoxy groups -OCH3 is 2. The van der Waals surface area contributed by atoms with Crippen LogP contribution in [0.15, 0.2) is 12.4 Å². The molecule has 0 aromatic carbocycles.